The second-order valence-corrected chi connectivity index (χ2v) is 6.90. The molecule has 0 unspecified atom stereocenters. The fraction of sp³-hybridized carbons (Fsp3) is 0.267. The number of hydrogen-bond acceptors (Lipinski definition) is 3. The first-order chi connectivity index (χ1) is 9.88. The van der Waals surface area contributed by atoms with Crippen molar-refractivity contribution >= 4 is 26.8 Å². The van der Waals surface area contributed by atoms with Crippen LogP contribution >= 0.6 is 0 Å². The minimum absolute atomic E-state index is 0.0703. The number of nitrogens with one attached hydrogen (secondary N) is 2. The van der Waals surface area contributed by atoms with Crippen LogP contribution in [-0.4, -0.2) is 21.0 Å². The molecule has 0 aliphatic heterocycles. The normalized spacial score (nSPS) is 11.6. The van der Waals surface area contributed by atoms with Crippen molar-refractivity contribution in [3.63, 3.8) is 0 Å². The molecule has 0 aliphatic rings. The first kappa shape index (κ1) is 15.3. The first-order valence-electron chi connectivity index (χ1n) is 6.68. The van der Waals surface area contributed by atoms with Gasteiger partial charge < -0.3 is 5.32 Å². The highest BCUT2D eigenvalue weighted by molar-refractivity contribution is 7.90. The smallest absolute Gasteiger partial charge is 0.328 e. The van der Waals surface area contributed by atoms with Crippen molar-refractivity contribution in [1.82, 2.24) is 10.0 Å². The molecule has 0 heterocycles. The van der Waals surface area contributed by atoms with E-state index in [-0.39, 0.29) is 10.8 Å². The van der Waals surface area contributed by atoms with Crippen molar-refractivity contribution in [1.29, 1.82) is 0 Å². The lowest BCUT2D eigenvalue weighted by atomic mass is 10.1. The van der Waals surface area contributed by atoms with E-state index in [1.165, 1.54) is 6.07 Å². The van der Waals surface area contributed by atoms with E-state index in [0.29, 0.717) is 6.54 Å². The summed E-state index contributed by atoms with van der Waals surface area (Å²) in [6, 6.07) is 11.5. The molecule has 0 atom stereocenters. The van der Waals surface area contributed by atoms with E-state index in [0.717, 1.165) is 10.8 Å². The summed E-state index contributed by atoms with van der Waals surface area (Å²) in [4.78, 5) is 11.7. The maximum absolute atomic E-state index is 12.2. The molecule has 0 aliphatic carbocycles. The number of sulfonamides is 1. The molecule has 2 rings (SSSR count). The van der Waals surface area contributed by atoms with E-state index in [4.69, 9.17) is 0 Å². The molecule has 6 heteroatoms. The van der Waals surface area contributed by atoms with Gasteiger partial charge in [-0.1, -0.05) is 44.2 Å². The summed E-state index contributed by atoms with van der Waals surface area (Å²) < 4.78 is 26.3. The van der Waals surface area contributed by atoms with E-state index >= 15 is 0 Å². The fourth-order valence-electron chi connectivity index (χ4n) is 1.85. The number of benzene rings is 2. The summed E-state index contributed by atoms with van der Waals surface area (Å²) >= 11 is 0. The van der Waals surface area contributed by atoms with Gasteiger partial charge in [0.25, 0.3) is 10.0 Å². The molecular formula is C15H18N2O3S. The molecule has 0 saturated heterocycles. The number of carbonyl (C=O) groups excluding carboxylic acids is 1. The number of rotatable bonds is 4. The van der Waals surface area contributed by atoms with E-state index in [9.17, 15) is 13.2 Å². The van der Waals surface area contributed by atoms with Crippen molar-refractivity contribution in [2.24, 2.45) is 5.92 Å². The molecule has 0 aromatic heterocycles. The number of fused-ring (bicyclic) bond motifs is 1. The fourth-order valence-corrected chi connectivity index (χ4v) is 2.81. The minimum Gasteiger partial charge on any atom is -0.337 e. The maximum atomic E-state index is 12.2. The van der Waals surface area contributed by atoms with Crippen LogP contribution in [0.1, 0.15) is 13.8 Å². The van der Waals surface area contributed by atoms with E-state index in [2.05, 4.69) is 5.32 Å². The van der Waals surface area contributed by atoms with Gasteiger partial charge in [-0.15, -0.1) is 0 Å². The average molecular weight is 306 g/mol. The number of amides is 2. The average Bonchev–Trinajstić information content (AvgIpc) is 2.44. The SMILES string of the molecule is CC(C)CNC(=O)NS(=O)(=O)c1ccc2ccccc2c1. The molecular weight excluding hydrogens is 288 g/mol. The molecule has 2 aromatic carbocycles. The molecule has 5 nitrogen and oxygen atoms in total. The van der Waals surface area contributed by atoms with Crippen molar-refractivity contribution in [2.45, 2.75) is 18.7 Å². The third-order valence-corrected chi connectivity index (χ3v) is 4.26. The zero-order valence-corrected chi connectivity index (χ0v) is 12.8. The van der Waals surface area contributed by atoms with Gasteiger partial charge in [-0.25, -0.2) is 17.9 Å². The van der Waals surface area contributed by atoms with Crippen LogP contribution in [0, 0.1) is 5.92 Å². The van der Waals surface area contributed by atoms with Crippen molar-refractivity contribution in [3.05, 3.63) is 42.5 Å². The van der Waals surface area contributed by atoms with Crippen LogP contribution in [0.2, 0.25) is 0 Å². The number of carbonyl (C=O) groups is 1. The summed E-state index contributed by atoms with van der Waals surface area (Å²) in [5.74, 6) is 0.249. The molecule has 2 amide bonds. The predicted octanol–water partition coefficient (Wildman–Crippen LogP) is 2.48. The molecule has 2 aromatic rings. The Hall–Kier alpha value is -2.08. The van der Waals surface area contributed by atoms with Crippen molar-refractivity contribution in [2.75, 3.05) is 6.54 Å². The van der Waals surface area contributed by atoms with Crippen LogP contribution < -0.4 is 10.0 Å². The van der Waals surface area contributed by atoms with E-state index < -0.39 is 16.1 Å². The Labute approximate surface area is 124 Å². The minimum atomic E-state index is -3.86. The molecule has 2 N–H and O–H groups in total. The van der Waals surface area contributed by atoms with Gasteiger partial charge in [-0.3, -0.25) is 0 Å². The van der Waals surface area contributed by atoms with Gasteiger partial charge in [-0.2, -0.15) is 0 Å². The Morgan fingerprint density at radius 2 is 1.76 bits per heavy atom. The Kier molecular flexibility index (Phi) is 4.47. The van der Waals surface area contributed by atoms with E-state index in [1.807, 2.05) is 42.8 Å². The highest BCUT2D eigenvalue weighted by atomic mass is 32.2. The zero-order chi connectivity index (χ0) is 15.5. The van der Waals surface area contributed by atoms with E-state index in [1.54, 1.807) is 12.1 Å². The molecule has 0 bridgehead atoms. The highest BCUT2D eigenvalue weighted by Gasteiger charge is 2.17. The molecule has 112 valence electrons. The van der Waals surface area contributed by atoms with Crippen LogP contribution in [0.3, 0.4) is 0 Å². The summed E-state index contributed by atoms with van der Waals surface area (Å²) in [6.07, 6.45) is 0. The second-order valence-electron chi connectivity index (χ2n) is 5.22. The molecule has 21 heavy (non-hydrogen) atoms. The summed E-state index contributed by atoms with van der Waals surface area (Å²) in [6.45, 7) is 4.27. The number of urea groups is 1. The lowest BCUT2D eigenvalue weighted by Gasteiger charge is -2.10. The van der Waals surface area contributed by atoms with Gasteiger partial charge in [0, 0.05) is 6.54 Å². The third-order valence-electron chi connectivity index (χ3n) is 2.93. The summed E-state index contributed by atoms with van der Waals surface area (Å²) in [5, 5.41) is 4.27. The van der Waals surface area contributed by atoms with Crippen molar-refractivity contribution in [3.8, 4) is 0 Å². The molecule has 0 radical (unpaired) electrons. The molecule has 0 fully saturated rings. The lowest BCUT2D eigenvalue weighted by molar-refractivity contribution is 0.244. The van der Waals surface area contributed by atoms with Crippen LogP contribution in [-0.2, 0) is 10.0 Å². The summed E-state index contributed by atoms with van der Waals surface area (Å²) in [5.41, 5.74) is 0. The van der Waals surface area contributed by atoms with Gasteiger partial charge in [0.1, 0.15) is 0 Å². The first-order valence-corrected chi connectivity index (χ1v) is 8.16. The molecule has 0 spiro atoms. The maximum Gasteiger partial charge on any atom is 0.328 e. The van der Waals surface area contributed by atoms with Crippen molar-refractivity contribution < 1.29 is 13.2 Å². The van der Waals surface area contributed by atoms with Gasteiger partial charge >= 0.3 is 6.03 Å². The molecule has 0 saturated carbocycles. The largest absolute Gasteiger partial charge is 0.337 e. The highest BCUT2D eigenvalue weighted by Crippen LogP contribution is 2.18. The number of hydrogen-bond donors (Lipinski definition) is 2. The van der Waals surface area contributed by atoms with Gasteiger partial charge in [-0.05, 0) is 28.8 Å². The van der Waals surface area contributed by atoms with Crippen LogP contribution in [0.4, 0.5) is 4.79 Å². The van der Waals surface area contributed by atoms with Crippen LogP contribution in [0.15, 0.2) is 47.4 Å². The Bertz CT molecular complexity index is 754. The topological polar surface area (TPSA) is 75.3 Å². The zero-order valence-electron chi connectivity index (χ0n) is 12.0. The lowest BCUT2D eigenvalue weighted by Crippen LogP contribution is -2.40. The monoisotopic (exact) mass is 306 g/mol. The quantitative estimate of drug-likeness (QED) is 0.911. The predicted molar refractivity (Wildman–Crippen MR) is 82.5 cm³/mol. The Morgan fingerprint density at radius 3 is 2.43 bits per heavy atom. The van der Waals surface area contributed by atoms with Crippen LogP contribution in [0.5, 0.6) is 0 Å². The van der Waals surface area contributed by atoms with Crippen LogP contribution in [0.25, 0.3) is 10.8 Å². The Morgan fingerprint density at radius 1 is 1.10 bits per heavy atom. The van der Waals surface area contributed by atoms with Gasteiger partial charge in [0.05, 0.1) is 4.90 Å². The second kappa shape index (κ2) is 6.13. The van der Waals surface area contributed by atoms with Gasteiger partial charge in [0.15, 0.2) is 0 Å². The summed E-state index contributed by atoms with van der Waals surface area (Å²) in [7, 11) is -3.86. The standard InChI is InChI=1S/C15H18N2O3S/c1-11(2)10-16-15(18)17-21(19,20)14-8-7-12-5-3-4-6-13(12)9-14/h3-9,11H,10H2,1-2H3,(H2,16,17,18). The Balaban J connectivity index is 2.19. The van der Waals surface area contributed by atoms with Gasteiger partial charge in [0.2, 0.25) is 0 Å². The third kappa shape index (κ3) is 3.95.